The summed E-state index contributed by atoms with van der Waals surface area (Å²) in [6.07, 6.45) is 2.70. The van der Waals surface area contributed by atoms with E-state index < -0.39 is 6.10 Å². The Hall–Kier alpha value is -1.18. The van der Waals surface area contributed by atoms with E-state index in [0.29, 0.717) is 22.5 Å². The van der Waals surface area contributed by atoms with Gasteiger partial charge in [0.1, 0.15) is 5.78 Å². The van der Waals surface area contributed by atoms with Gasteiger partial charge in [0, 0.05) is 10.9 Å². The Morgan fingerprint density at radius 1 is 1.42 bits per heavy atom. The Morgan fingerprint density at radius 2 is 2.21 bits per heavy atom. The first-order valence-electron chi connectivity index (χ1n) is 8.03. The number of halogens is 1. The van der Waals surface area contributed by atoms with Gasteiger partial charge in [0.2, 0.25) is 0 Å². The van der Waals surface area contributed by atoms with Crippen molar-refractivity contribution < 1.29 is 9.90 Å². The number of benzene rings is 1. The van der Waals surface area contributed by atoms with Gasteiger partial charge in [0.05, 0.1) is 28.8 Å². The molecule has 0 unspecified atom stereocenters. The van der Waals surface area contributed by atoms with Crippen LogP contribution < -0.4 is 5.56 Å². The highest BCUT2D eigenvalue weighted by molar-refractivity contribution is 9.10. The molecule has 0 bridgehead atoms. The fraction of sp³-hybridized carbons (Fsp3) is 0.471. The Labute approximate surface area is 152 Å². The number of rotatable bonds is 4. The second-order valence-corrected chi connectivity index (χ2v) is 8.22. The highest BCUT2D eigenvalue weighted by atomic mass is 79.9. The number of fused-ring (bicyclic) bond motifs is 1. The summed E-state index contributed by atoms with van der Waals surface area (Å²) in [6, 6.07) is 5.37. The number of hydrogen-bond acceptors (Lipinski definition) is 5. The van der Waals surface area contributed by atoms with E-state index in [1.165, 1.54) is 16.3 Å². The molecule has 1 fully saturated rings. The molecule has 5 nitrogen and oxygen atoms in total. The van der Waals surface area contributed by atoms with Gasteiger partial charge in [-0.05, 0) is 38.0 Å². The van der Waals surface area contributed by atoms with Gasteiger partial charge in [-0.25, -0.2) is 4.98 Å². The van der Waals surface area contributed by atoms with Gasteiger partial charge >= 0.3 is 0 Å². The van der Waals surface area contributed by atoms with Crippen molar-refractivity contribution in [3.8, 4) is 0 Å². The Kier molecular flexibility index (Phi) is 5.42. The van der Waals surface area contributed by atoms with Gasteiger partial charge in [0.25, 0.3) is 5.56 Å². The summed E-state index contributed by atoms with van der Waals surface area (Å²) in [6.45, 7) is 1.80. The largest absolute Gasteiger partial charge is 0.392 e. The van der Waals surface area contributed by atoms with Crippen molar-refractivity contribution in [3.63, 3.8) is 0 Å². The van der Waals surface area contributed by atoms with Crippen LogP contribution in [0.3, 0.4) is 0 Å². The molecule has 1 aromatic carbocycles. The molecule has 1 aliphatic rings. The zero-order chi connectivity index (χ0) is 17.3. The van der Waals surface area contributed by atoms with Crippen molar-refractivity contribution in [2.24, 2.45) is 0 Å². The van der Waals surface area contributed by atoms with Gasteiger partial charge in [-0.15, -0.1) is 0 Å². The lowest BCUT2D eigenvalue weighted by atomic mass is 9.99. The quantitative estimate of drug-likeness (QED) is 0.783. The molecule has 1 heterocycles. The number of Topliss-reactive ketones (excluding diaryl/α,β-unsaturated/α-hetero) is 1. The van der Waals surface area contributed by atoms with Crippen LogP contribution in [0.4, 0.5) is 0 Å². The molecular weight excluding hydrogens is 392 g/mol. The Bertz CT molecular complexity index is 834. The van der Waals surface area contributed by atoms with Crippen molar-refractivity contribution in [1.29, 1.82) is 0 Å². The van der Waals surface area contributed by atoms with Crippen LogP contribution in [0.2, 0.25) is 0 Å². The molecule has 3 rings (SSSR count). The average Bonchev–Trinajstić information content (AvgIpc) is 2.54. The summed E-state index contributed by atoms with van der Waals surface area (Å²) in [5, 5.41) is 10.6. The van der Waals surface area contributed by atoms with Crippen LogP contribution in [-0.2, 0) is 11.3 Å². The smallest absolute Gasteiger partial charge is 0.262 e. The third-order valence-corrected chi connectivity index (χ3v) is 5.87. The van der Waals surface area contributed by atoms with Crippen LogP contribution in [0, 0.1) is 0 Å². The maximum atomic E-state index is 12.9. The van der Waals surface area contributed by atoms with Crippen molar-refractivity contribution in [2.75, 3.05) is 0 Å². The summed E-state index contributed by atoms with van der Waals surface area (Å²) in [4.78, 5) is 29.6. The molecule has 2 atom stereocenters. The molecule has 0 saturated heterocycles. The zero-order valence-corrected chi connectivity index (χ0v) is 15.8. The molecule has 1 N–H and O–H groups in total. The topological polar surface area (TPSA) is 72.2 Å². The fourth-order valence-electron chi connectivity index (χ4n) is 2.89. The minimum absolute atomic E-state index is 0.154. The normalized spacial score (nSPS) is 19.6. The third-order valence-electron chi connectivity index (χ3n) is 4.07. The minimum Gasteiger partial charge on any atom is -0.392 e. The molecule has 7 heteroatoms. The van der Waals surface area contributed by atoms with E-state index in [0.717, 1.165) is 23.7 Å². The second-order valence-electron chi connectivity index (χ2n) is 6.14. The van der Waals surface area contributed by atoms with E-state index in [9.17, 15) is 14.7 Å². The Morgan fingerprint density at radius 3 is 2.92 bits per heavy atom. The van der Waals surface area contributed by atoms with E-state index in [4.69, 9.17) is 0 Å². The van der Waals surface area contributed by atoms with Gasteiger partial charge in [-0.3, -0.25) is 14.2 Å². The van der Waals surface area contributed by atoms with Crippen LogP contribution in [0.5, 0.6) is 0 Å². The highest BCUT2D eigenvalue weighted by Gasteiger charge is 2.26. The van der Waals surface area contributed by atoms with Crippen LogP contribution >= 0.6 is 27.7 Å². The molecule has 0 amide bonds. The van der Waals surface area contributed by atoms with Crippen molar-refractivity contribution in [3.05, 3.63) is 33.0 Å². The molecule has 128 valence electrons. The second kappa shape index (κ2) is 7.37. The lowest BCUT2D eigenvalue weighted by molar-refractivity contribution is -0.119. The van der Waals surface area contributed by atoms with Gasteiger partial charge < -0.3 is 5.11 Å². The van der Waals surface area contributed by atoms with Gasteiger partial charge in [-0.1, -0.05) is 34.1 Å². The molecule has 0 aliphatic heterocycles. The van der Waals surface area contributed by atoms with E-state index in [-0.39, 0.29) is 23.1 Å². The average molecular weight is 411 g/mol. The molecule has 24 heavy (non-hydrogen) atoms. The van der Waals surface area contributed by atoms with Crippen molar-refractivity contribution >= 4 is 44.4 Å². The van der Waals surface area contributed by atoms with E-state index >= 15 is 0 Å². The number of nitrogens with zero attached hydrogens (tertiary/aromatic N) is 2. The maximum absolute atomic E-state index is 12.9. The number of thioether (sulfide) groups is 1. The standard InChI is InChI=1S/C17H19BrN2O3S/c1-10(21)9-20-16(23)12-8-11(18)6-7-13(12)19-17(20)24-15-5-3-2-4-14(15)22/h6-8,10,15,21H,2-5,9H2,1H3/t10-,15-/m1/s1. The van der Waals surface area contributed by atoms with Gasteiger partial charge in [0.15, 0.2) is 5.16 Å². The summed E-state index contributed by atoms with van der Waals surface area (Å²) < 4.78 is 2.30. The van der Waals surface area contributed by atoms with E-state index in [2.05, 4.69) is 20.9 Å². The first-order valence-corrected chi connectivity index (χ1v) is 9.70. The number of aromatic nitrogens is 2. The van der Waals surface area contributed by atoms with Crippen LogP contribution in [0.1, 0.15) is 32.6 Å². The molecule has 1 aromatic heterocycles. The lowest BCUT2D eigenvalue weighted by Crippen LogP contribution is -2.29. The number of aliphatic hydroxyl groups is 1. The third kappa shape index (κ3) is 3.73. The minimum atomic E-state index is -0.671. The molecule has 1 saturated carbocycles. The number of ketones is 1. The number of aliphatic hydroxyl groups excluding tert-OH is 1. The fourth-order valence-corrected chi connectivity index (χ4v) is 4.48. The highest BCUT2D eigenvalue weighted by Crippen LogP contribution is 2.31. The number of hydrogen-bond donors (Lipinski definition) is 1. The lowest BCUT2D eigenvalue weighted by Gasteiger charge is -2.21. The summed E-state index contributed by atoms with van der Waals surface area (Å²) in [7, 11) is 0. The summed E-state index contributed by atoms with van der Waals surface area (Å²) >= 11 is 4.73. The maximum Gasteiger partial charge on any atom is 0.262 e. The first kappa shape index (κ1) is 17.6. The molecule has 0 spiro atoms. The Balaban J connectivity index is 2.08. The monoisotopic (exact) mass is 410 g/mol. The summed E-state index contributed by atoms with van der Waals surface area (Å²) in [5.41, 5.74) is 0.420. The van der Waals surface area contributed by atoms with E-state index in [1.54, 1.807) is 19.1 Å². The predicted octanol–water partition coefficient (Wildman–Crippen LogP) is 3.14. The zero-order valence-electron chi connectivity index (χ0n) is 13.4. The number of carbonyl (C=O) groups excluding carboxylic acids is 1. The van der Waals surface area contributed by atoms with E-state index in [1.807, 2.05) is 6.07 Å². The molecule has 1 aliphatic carbocycles. The molecule has 0 radical (unpaired) electrons. The SMILES string of the molecule is C[C@@H](O)Cn1c(S[C@@H]2CCCCC2=O)nc2ccc(Br)cc2c1=O. The molecule has 2 aromatic rings. The predicted molar refractivity (Wildman–Crippen MR) is 98.5 cm³/mol. The van der Waals surface area contributed by atoms with Gasteiger partial charge in [-0.2, -0.15) is 0 Å². The van der Waals surface area contributed by atoms with Crippen molar-refractivity contribution in [1.82, 2.24) is 9.55 Å². The van der Waals surface area contributed by atoms with Crippen LogP contribution in [0.25, 0.3) is 10.9 Å². The van der Waals surface area contributed by atoms with Crippen LogP contribution in [-0.4, -0.2) is 31.8 Å². The first-order chi connectivity index (χ1) is 11.5. The molecular formula is C17H19BrN2O3S. The van der Waals surface area contributed by atoms with Crippen LogP contribution in [0.15, 0.2) is 32.6 Å². The van der Waals surface area contributed by atoms with Crippen molar-refractivity contribution in [2.45, 2.75) is 55.7 Å². The summed E-state index contributed by atoms with van der Waals surface area (Å²) in [5.74, 6) is 0.222. The number of carbonyl (C=O) groups is 1.